The molecule has 0 aromatic carbocycles. The average Bonchev–Trinajstić information content (AvgIpc) is 2.01. The number of alkyl carbamates (subject to hydrolysis) is 1. The number of carboxylic acid groups (broad SMARTS) is 1. The fourth-order valence-corrected chi connectivity index (χ4v) is 1.10. The van der Waals surface area contributed by atoms with Crippen LogP contribution in [0.4, 0.5) is 4.79 Å². The summed E-state index contributed by atoms with van der Waals surface area (Å²) < 4.78 is 4.53. The Balaban J connectivity index is 4.64. The van der Waals surface area contributed by atoms with Crippen molar-refractivity contribution < 1.29 is 19.4 Å². The summed E-state index contributed by atoms with van der Waals surface area (Å²) in [4.78, 5) is 21.4. The van der Waals surface area contributed by atoms with E-state index in [9.17, 15) is 9.59 Å². The van der Waals surface area contributed by atoms with Crippen LogP contribution in [0.25, 0.3) is 0 Å². The first-order valence-corrected chi connectivity index (χ1v) is 4.48. The van der Waals surface area contributed by atoms with E-state index in [0.29, 0.717) is 0 Å². The highest BCUT2D eigenvalue weighted by atomic mass is 32.1. The van der Waals surface area contributed by atoms with Crippen molar-refractivity contribution in [1.82, 2.24) is 5.32 Å². The van der Waals surface area contributed by atoms with Crippen molar-refractivity contribution in [3.63, 3.8) is 0 Å². The van der Waals surface area contributed by atoms with Gasteiger partial charge < -0.3 is 15.6 Å². The van der Waals surface area contributed by atoms with Gasteiger partial charge in [0.05, 0.1) is 6.61 Å². The number of hydrogen-bond donors (Lipinski definition) is 3. The minimum atomic E-state index is -1.29. The van der Waals surface area contributed by atoms with Crippen LogP contribution >= 0.6 is 12.2 Å². The van der Waals surface area contributed by atoms with Gasteiger partial charge in [-0.25, -0.2) is 9.59 Å². The molecule has 0 aromatic rings. The average molecular weight is 232 g/mol. The summed E-state index contributed by atoms with van der Waals surface area (Å²) in [5.41, 5.74) is 5.02. The molecule has 4 N–H and O–H groups in total. The molecule has 84 valence electrons. The van der Waals surface area contributed by atoms with Gasteiger partial charge in [0.2, 0.25) is 0 Å². The molecule has 7 heteroatoms. The zero-order chi connectivity index (χ0) is 12.0. The lowest BCUT2D eigenvalue weighted by atomic mass is 10.2. The van der Waals surface area contributed by atoms with Crippen molar-refractivity contribution in [2.45, 2.75) is 13.8 Å². The van der Waals surface area contributed by atoms with Gasteiger partial charge in [0.15, 0.2) is 0 Å². The van der Waals surface area contributed by atoms with Gasteiger partial charge in [-0.15, -0.1) is 0 Å². The normalized spacial score (nSPS) is 11.3. The number of thiocarbonyl (C=S) groups is 1. The topological polar surface area (TPSA) is 102 Å². The Kier molecular flexibility index (Phi) is 5.32. The van der Waals surface area contributed by atoms with Gasteiger partial charge in [-0.05, 0) is 13.8 Å². The van der Waals surface area contributed by atoms with E-state index in [1.165, 1.54) is 6.92 Å². The Morgan fingerprint density at radius 2 is 2.07 bits per heavy atom. The molecule has 0 bridgehead atoms. The third-order valence-corrected chi connectivity index (χ3v) is 1.63. The van der Waals surface area contributed by atoms with Crippen molar-refractivity contribution in [2.75, 3.05) is 6.61 Å². The lowest BCUT2D eigenvalue weighted by Crippen LogP contribution is -2.34. The number of aliphatic carboxylic acids is 1. The van der Waals surface area contributed by atoms with E-state index in [0.717, 1.165) is 0 Å². The monoisotopic (exact) mass is 232 g/mol. The van der Waals surface area contributed by atoms with E-state index >= 15 is 0 Å². The third kappa shape index (κ3) is 4.41. The molecule has 0 aliphatic heterocycles. The van der Waals surface area contributed by atoms with Crippen LogP contribution < -0.4 is 11.1 Å². The predicted molar refractivity (Wildman–Crippen MR) is 57.3 cm³/mol. The van der Waals surface area contributed by atoms with Gasteiger partial charge in [-0.3, -0.25) is 5.32 Å². The molecule has 0 unspecified atom stereocenters. The number of carbonyl (C=O) groups excluding carboxylic acids is 1. The number of nitrogens with two attached hydrogens (primary N) is 1. The Bertz CT molecular complexity index is 321. The number of rotatable bonds is 3. The summed E-state index contributed by atoms with van der Waals surface area (Å²) >= 11 is 4.69. The summed E-state index contributed by atoms with van der Waals surface area (Å²) in [5.74, 6) is -1.29. The zero-order valence-corrected chi connectivity index (χ0v) is 9.18. The lowest BCUT2D eigenvalue weighted by Gasteiger charge is -2.08. The first-order valence-electron chi connectivity index (χ1n) is 4.07. The number of carboxylic acids is 1. The van der Waals surface area contributed by atoms with Crippen LogP contribution in [0.5, 0.6) is 0 Å². The van der Waals surface area contributed by atoms with Crippen molar-refractivity contribution in [2.24, 2.45) is 5.73 Å². The van der Waals surface area contributed by atoms with Crippen LogP contribution in [0.1, 0.15) is 13.8 Å². The largest absolute Gasteiger partial charge is 0.478 e. The van der Waals surface area contributed by atoms with E-state index in [-0.39, 0.29) is 22.9 Å². The molecule has 0 atom stereocenters. The highest BCUT2D eigenvalue weighted by molar-refractivity contribution is 7.80. The molecule has 0 fully saturated rings. The van der Waals surface area contributed by atoms with Crippen molar-refractivity contribution in [3.8, 4) is 0 Å². The summed E-state index contributed by atoms with van der Waals surface area (Å²) in [6, 6.07) is 0. The fourth-order valence-electron chi connectivity index (χ4n) is 0.767. The predicted octanol–water partition coefficient (Wildman–Crippen LogP) is 0.377. The Labute approximate surface area is 92.1 Å². The van der Waals surface area contributed by atoms with Crippen molar-refractivity contribution >= 4 is 29.3 Å². The SMILES string of the molecule is CCOC(=O)NC(=S)/C(C(=O)O)=C(\C)N. The van der Waals surface area contributed by atoms with Crippen LogP contribution in [0, 0.1) is 0 Å². The van der Waals surface area contributed by atoms with Gasteiger partial charge in [0.1, 0.15) is 10.6 Å². The fraction of sp³-hybridized carbons (Fsp3) is 0.375. The summed E-state index contributed by atoms with van der Waals surface area (Å²) in [6.07, 6.45) is -0.803. The molecule has 0 spiro atoms. The van der Waals surface area contributed by atoms with Gasteiger partial charge in [-0.1, -0.05) is 12.2 Å². The molecule has 15 heavy (non-hydrogen) atoms. The van der Waals surface area contributed by atoms with Crippen molar-refractivity contribution in [3.05, 3.63) is 11.3 Å². The summed E-state index contributed by atoms with van der Waals surface area (Å²) in [7, 11) is 0. The molecular formula is C8H12N2O4S. The van der Waals surface area contributed by atoms with Crippen LogP contribution in [0.15, 0.2) is 11.3 Å². The lowest BCUT2D eigenvalue weighted by molar-refractivity contribution is -0.132. The smallest absolute Gasteiger partial charge is 0.412 e. The maximum atomic E-state index is 10.9. The standard InChI is InChI=1S/C8H12N2O4S/c1-3-14-8(13)10-6(15)5(4(2)9)7(11)12/h3,9H2,1-2H3,(H,11,12)(H,10,13,15)/b5-4-. The van der Waals surface area contributed by atoms with Gasteiger partial charge >= 0.3 is 12.1 Å². The quantitative estimate of drug-likeness (QED) is 0.480. The van der Waals surface area contributed by atoms with Crippen LogP contribution in [0.2, 0.25) is 0 Å². The minimum absolute atomic E-state index is 0.0179. The number of carbonyl (C=O) groups is 2. The van der Waals surface area contributed by atoms with E-state index in [1.807, 2.05) is 0 Å². The second kappa shape index (κ2) is 5.97. The number of hydrogen-bond acceptors (Lipinski definition) is 5. The zero-order valence-electron chi connectivity index (χ0n) is 8.36. The van der Waals surface area contributed by atoms with Gasteiger partial charge in [0, 0.05) is 5.70 Å². The number of amides is 1. The van der Waals surface area contributed by atoms with Gasteiger partial charge in [-0.2, -0.15) is 0 Å². The molecule has 6 nitrogen and oxygen atoms in total. The highest BCUT2D eigenvalue weighted by Gasteiger charge is 2.18. The molecular weight excluding hydrogens is 220 g/mol. The van der Waals surface area contributed by atoms with E-state index in [2.05, 4.69) is 22.3 Å². The van der Waals surface area contributed by atoms with Crippen LogP contribution in [-0.4, -0.2) is 28.8 Å². The van der Waals surface area contributed by atoms with Crippen LogP contribution in [0.3, 0.4) is 0 Å². The Morgan fingerprint density at radius 1 is 1.53 bits per heavy atom. The minimum Gasteiger partial charge on any atom is -0.478 e. The molecule has 0 aliphatic rings. The number of ether oxygens (including phenoxy) is 1. The summed E-state index contributed by atoms with van der Waals surface area (Å²) in [6.45, 7) is 3.16. The number of allylic oxidation sites excluding steroid dienone is 1. The first kappa shape index (κ1) is 13.4. The Morgan fingerprint density at radius 3 is 2.40 bits per heavy atom. The Hall–Kier alpha value is -1.63. The highest BCUT2D eigenvalue weighted by Crippen LogP contribution is 2.01. The number of nitrogens with one attached hydrogen (secondary N) is 1. The van der Waals surface area contributed by atoms with E-state index in [4.69, 9.17) is 10.8 Å². The van der Waals surface area contributed by atoms with E-state index in [1.54, 1.807) is 6.92 Å². The molecule has 0 saturated heterocycles. The maximum Gasteiger partial charge on any atom is 0.412 e. The van der Waals surface area contributed by atoms with Gasteiger partial charge in [0.25, 0.3) is 0 Å². The second-order valence-electron chi connectivity index (χ2n) is 2.54. The molecule has 0 aliphatic carbocycles. The first-order chi connectivity index (χ1) is 6.90. The molecule has 0 rings (SSSR count). The third-order valence-electron chi connectivity index (χ3n) is 1.33. The maximum absolute atomic E-state index is 10.9. The molecule has 0 aromatic heterocycles. The molecule has 0 radical (unpaired) electrons. The van der Waals surface area contributed by atoms with E-state index < -0.39 is 12.1 Å². The molecule has 1 amide bonds. The molecule has 0 heterocycles. The van der Waals surface area contributed by atoms with Crippen LogP contribution in [-0.2, 0) is 9.53 Å². The van der Waals surface area contributed by atoms with Crippen molar-refractivity contribution in [1.29, 1.82) is 0 Å². The second-order valence-corrected chi connectivity index (χ2v) is 2.95. The summed E-state index contributed by atoms with van der Waals surface area (Å²) in [5, 5.41) is 10.8. The molecule has 0 saturated carbocycles.